The van der Waals surface area contributed by atoms with Gasteiger partial charge in [0.2, 0.25) is 0 Å². The van der Waals surface area contributed by atoms with Gasteiger partial charge in [0.1, 0.15) is 11.6 Å². The van der Waals surface area contributed by atoms with Crippen LogP contribution in [0.15, 0.2) is 30.3 Å². The number of imidazole rings is 1. The van der Waals surface area contributed by atoms with E-state index >= 15 is 0 Å². The molecule has 0 bridgehead atoms. The van der Waals surface area contributed by atoms with Crippen LogP contribution in [0, 0.1) is 19.3 Å². The molecule has 0 amide bonds. The van der Waals surface area contributed by atoms with E-state index in [0.29, 0.717) is 12.4 Å². The lowest BCUT2D eigenvalue weighted by Gasteiger charge is -2.05. The summed E-state index contributed by atoms with van der Waals surface area (Å²) in [6, 6.07) is 9.89. The summed E-state index contributed by atoms with van der Waals surface area (Å²) in [5.41, 5.74) is 7.77. The molecule has 3 nitrogen and oxygen atoms in total. The second kappa shape index (κ2) is 4.11. The zero-order chi connectivity index (χ0) is 11.5. The van der Waals surface area contributed by atoms with Crippen LogP contribution in [-0.4, -0.2) is 9.55 Å². The van der Waals surface area contributed by atoms with E-state index in [4.69, 9.17) is 12.2 Å². The van der Waals surface area contributed by atoms with E-state index in [2.05, 4.69) is 10.9 Å². The Hall–Kier alpha value is -2.21. The predicted molar refractivity (Wildman–Crippen MR) is 65.6 cm³/mol. The molecule has 0 unspecified atom stereocenters. The fraction of sp³-hybridized carbons (Fsp3) is 0.154. The molecule has 1 heterocycles. The van der Waals surface area contributed by atoms with E-state index in [1.165, 1.54) is 0 Å². The van der Waals surface area contributed by atoms with Crippen molar-refractivity contribution in [3.63, 3.8) is 0 Å². The van der Waals surface area contributed by atoms with E-state index in [9.17, 15) is 0 Å². The molecular weight excluding hydrogens is 198 g/mol. The van der Waals surface area contributed by atoms with Crippen LogP contribution >= 0.6 is 0 Å². The summed E-state index contributed by atoms with van der Waals surface area (Å²) >= 11 is 0. The molecule has 0 fully saturated rings. The summed E-state index contributed by atoms with van der Waals surface area (Å²) in [7, 11) is 0. The van der Waals surface area contributed by atoms with Gasteiger partial charge in [-0.05, 0) is 6.92 Å². The number of nitrogens with zero attached hydrogens (tertiary/aromatic N) is 2. The van der Waals surface area contributed by atoms with Crippen LogP contribution < -0.4 is 5.73 Å². The van der Waals surface area contributed by atoms with Gasteiger partial charge < -0.3 is 5.73 Å². The highest BCUT2D eigenvalue weighted by molar-refractivity contribution is 5.60. The number of terminal acetylenes is 1. The first-order chi connectivity index (χ1) is 7.74. The van der Waals surface area contributed by atoms with Crippen molar-refractivity contribution in [1.82, 2.24) is 9.55 Å². The van der Waals surface area contributed by atoms with E-state index in [1.807, 2.05) is 41.8 Å². The van der Waals surface area contributed by atoms with Crippen molar-refractivity contribution < 1.29 is 0 Å². The molecule has 0 radical (unpaired) electrons. The molecular formula is C13H13N3. The third kappa shape index (κ3) is 1.66. The van der Waals surface area contributed by atoms with Crippen LogP contribution in [0.5, 0.6) is 0 Å². The average molecular weight is 211 g/mol. The Kier molecular flexibility index (Phi) is 2.65. The third-order valence-corrected chi connectivity index (χ3v) is 2.47. The zero-order valence-electron chi connectivity index (χ0n) is 9.14. The summed E-state index contributed by atoms with van der Waals surface area (Å²) in [6.07, 6.45) is 5.33. The maximum atomic E-state index is 5.93. The minimum atomic E-state index is 0.441. The van der Waals surface area contributed by atoms with Gasteiger partial charge in [0.25, 0.3) is 0 Å². The average Bonchev–Trinajstić information content (AvgIpc) is 2.59. The van der Waals surface area contributed by atoms with Gasteiger partial charge in [0.15, 0.2) is 0 Å². The number of nitrogen functional groups attached to an aromatic ring is 1. The first-order valence-electron chi connectivity index (χ1n) is 5.05. The Balaban J connectivity index is 2.58. The minimum Gasteiger partial charge on any atom is -0.384 e. The fourth-order valence-corrected chi connectivity index (χ4v) is 1.64. The fourth-order valence-electron chi connectivity index (χ4n) is 1.64. The summed E-state index contributed by atoms with van der Waals surface area (Å²) in [4.78, 5) is 4.44. The van der Waals surface area contributed by atoms with Gasteiger partial charge in [-0.2, -0.15) is 0 Å². The Morgan fingerprint density at radius 1 is 1.38 bits per heavy atom. The number of aryl methyl sites for hydroxylation is 1. The normalized spacial score (nSPS) is 10.0. The lowest BCUT2D eigenvalue weighted by atomic mass is 10.2. The highest BCUT2D eigenvalue weighted by Crippen LogP contribution is 2.23. The quantitative estimate of drug-likeness (QED) is 0.773. The Morgan fingerprint density at radius 3 is 2.69 bits per heavy atom. The number of benzene rings is 1. The van der Waals surface area contributed by atoms with Crippen LogP contribution in [0.3, 0.4) is 0 Å². The molecule has 0 aliphatic heterocycles. The number of rotatable bonds is 2. The van der Waals surface area contributed by atoms with Crippen LogP contribution in [-0.2, 0) is 6.54 Å². The third-order valence-electron chi connectivity index (χ3n) is 2.47. The van der Waals surface area contributed by atoms with Crippen LogP contribution in [0.25, 0.3) is 11.4 Å². The lowest BCUT2D eigenvalue weighted by Crippen LogP contribution is -2.03. The molecule has 16 heavy (non-hydrogen) atoms. The molecule has 2 rings (SSSR count). The smallest absolute Gasteiger partial charge is 0.142 e. The monoisotopic (exact) mass is 211 g/mol. The van der Waals surface area contributed by atoms with Gasteiger partial charge in [-0.15, -0.1) is 6.42 Å². The van der Waals surface area contributed by atoms with Gasteiger partial charge in [0.05, 0.1) is 12.2 Å². The van der Waals surface area contributed by atoms with Crippen molar-refractivity contribution in [2.75, 3.05) is 5.73 Å². The maximum Gasteiger partial charge on any atom is 0.142 e. The van der Waals surface area contributed by atoms with Crippen molar-refractivity contribution in [2.45, 2.75) is 13.5 Å². The highest BCUT2D eigenvalue weighted by atomic mass is 15.1. The minimum absolute atomic E-state index is 0.441. The van der Waals surface area contributed by atoms with E-state index in [1.54, 1.807) is 0 Å². The number of hydrogen-bond donors (Lipinski definition) is 1. The van der Waals surface area contributed by atoms with Crippen LogP contribution in [0.4, 0.5) is 5.82 Å². The molecule has 1 aromatic carbocycles. The molecule has 0 aliphatic rings. The van der Waals surface area contributed by atoms with Crippen LogP contribution in [0.2, 0.25) is 0 Å². The SMILES string of the molecule is C#CCn1c(-c2ccccc2)nc(C)c1N. The number of hydrogen-bond acceptors (Lipinski definition) is 2. The second-order valence-corrected chi connectivity index (χ2v) is 3.56. The second-order valence-electron chi connectivity index (χ2n) is 3.56. The molecule has 80 valence electrons. The van der Waals surface area contributed by atoms with Crippen molar-refractivity contribution in [1.29, 1.82) is 0 Å². The van der Waals surface area contributed by atoms with E-state index < -0.39 is 0 Å². The Labute approximate surface area is 94.9 Å². The summed E-state index contributed by atoms with van der Waals surface area (Å²) in [5, 5.41) is 0. The van der Waals surface area contributed by atoms with Crippen molar-refractivity contribution in [3.05, 3.63) is 36.0 Å². The summed E-state index contributed by atoms with van der Waals surface area (Å²) < 4.78 is 1.85. The number of aromatic nitrogens is 2. The molecule has 0 aliphatic carbocycles. The Bertz CT molecular complexity index is 532. The molecule has 0 saturated heterocycles. The number of nitrogens with two attached hydrogens (primary N) is 1. The van der Waals surface area contributed by atoms with E-state index in [0.717, 1.165) is 17.1 Å². The molecule has 0 spiro atoms. The van der Waals surface area contributed by atoms with Gasteiger partial charge >= 0.3 is 0 Å². The lowest BCUT2D eigenvalue weighted by molar-refractivity contribution is 0.862. The molecule has 0 saturated carbocycles. The molecule has 2 aromatic rings. The Morgan fingerprint density at radius 2 is 2.06 bits per heavy atom. The van der Waals surface area contributed by atoms with Crippen molar-refractivity contribution >= 4 is 5.82 Å². The topological polar surface area (TPSA) is 43.8 Å². The molecule has 3 heteroatoms. The standard InChI is InChI=1S/C13H13N3/c1-3-9-16-12(14)10(2)15-13(16)11-7-5-4-6-8-11/h1,4-8H,9,14H2,2H3. The van der Waals surface area contributed by atoms with Crippen molar-refractivity contribution in [2.24, 2.45) is 0 Å². The highest BCUT2D eigenvalue weighted by Gasteiger charge is 2.11. The predicted octanol–water partition coefficient (Wildman–Crippen LogP) is 2.07. The molecule has 0 atom stereocenters. The maximum absolute atomic E-state index is 5.93. The first kappa shape index (κ1) is 10.3. The summed E-state index contributed by atoms with van der Waals surface area (Å²) in [5.74, 6) is 4.05. The van der Waals surface area contributed by atoms with Crippen LogP contribution in [0.1, 0.15) is 5.69 Å². The molecule has 1 aromatic heterocycles. The van der Waals surface area contributed by atoms with Gasteiger partial charge in [-0.25, -0.2) is 4.98 Å². The first-order valence-corrected chi connectivity index (χ1v) is 5.05. The largest absolute Gasteiger partial charge is 0.384 e. The zero-order valence-corrected chi connectivity index (χ0v) is 9.14. The van der Waals surface area contributed by atoms with Gasteiger partial charge in [0, 0.05) is 5.56 Å². The molecule has 2 N–H and O–H groups in total. The van der Waals surface area contributed by atoms with Gasteiger partial charge in [-0.1, -0.05) is 36.3 Å². The van der Waals surface area contributed by atoms with Crippen molar-refractivity contribution in [3.8, 4) is 23.7 Å². The number of anilines is 1. The van der Waals surface area contributed by atoms with E-state index in [-0.39, 0.29) is 0 Å². The summed E-state index contributed by atoms with van der Waals surface area (Å²) in [6.45, 7) is 2.33. The van der Waals surface area contributed by atoms with Gasteiger partial charge in [-0.3, -0.25) is 4.57 Å².